The molecule has 0 rings (SSSR count). The number of carbonyl (C=O) groups is 3. The standard InChI is InChI=1S/C62H106O6/c1-4-7-10-13-16-19-22-24-26-28-29-30-31-32-33-34-36-37-40-43-46-49-52-55-61(64)67-58-59(57-66-60(63)54-51-48-45-42-39-21-18-15-12-9-6-3)68-62(65)56-53-50-47-44-41-38-35-27-25-23-20-17-14-11-8-5-2/h7,10,16,19-20,23-24,26-27,29-30,32-33,35,59H,4-6,8-9,11-15,17-18,21-22,25,28,31,34,36-58H2,1-3H3/b10-7-,19-16-,23-20-,26-24-,30-29-,33-32-,35-27-. The smallest absolute Gasteiger partial charge is 0.306 e. The molecule has 0 aliphatic rings. The number of ether oxygens (including phenoxy) is 3. The zero-order chi connectivity index (χ0) is 49.3. The molecular weight excluding hydrogens is 841 g/mol. The second-order valence-electron chi connectivity index (χ2n) is 18.8. The van der Waals surface area contributed by atoms with E-state index < -0.39 is 6.10 Å². The third kappa shape index (κ3) is 53.5. The monoisotopic (exact) mass is 947 g/mol. The minimum Gasteiger partial charge on any atom is -0.462 e. The zero-order valence-electron chi connectivity index (χ0n) is 44.6. The molecule has 0 aromatic rings. The van der Waals surface area contributed by atoms with Gasteiger partial charge < -0.3 is 14.2 Å². The molecule has 0 heterocycles. The third-order valence-electron chi connectivity index (χ3n) is 12.1. The van der Waals surface area contributed by atoms with E-state index in [0.29, 0.717) is 19.3 Å². The van der Waals surface area contributed by atoms with E-state index in [-0.39, 0.29) is 31.1 Å². The summed E-state index contributed by atoms with van der Waals surface area (Å²) in [4.78, 5) is 38.1. The van der Waals surface area contributed by atoms with E-state index in [9.17, 15) is 14.4 Å². The number of allylic oxidation sites excluding steroid dienone is 14. The maximum absolute atomic E-state index is 12.8. The molecule has 390 valence electrons. The van der Waals surface area contributed by atoms with E-state index >= 15 is 0 Å². The predicted octanol–water partition coefficient (Wildman–Crippen LogP) is 19.2. The van der Waals surface area contributed by atoms with Crippen LogP contribution in [0.15, 0.2) is 85.1 Å². The molecule has 0 fully saturated rings. The van der Waals surface area contributed by atoms with E-state index in [4.69, 9.17) is 14.2 Å². The second kappa shape index (κ2) is 56.2. The Balaban J connectivity index is 4.36. The first-order chi connectivity index (χ1) is 33.5. The summed E-state index contributed by atoms with van der Waals surface area (Å²) in [6.45, 7) is 6.49. The Morgan fingerprint density at radius 3 is 0.912 bits per heavy atom. The quantitative estimate of drug-likeness (QED) is 0.0262. The van der Waals surface area contributed by atoms with Crippen LogP contribution in [0.4, 0.5) is 0 Å². The van der Waals surface area contributed by atoms with Crippen LogP contribution in [0.3, 0.4) is 0 Å². The van der Waals surface area contributed by atoms with Crippen LogP contribution in [-0.4, -0.2) is 37.2 Å². The molecule has 0 aliphatic heterocycles. The van der Waals surface area contributed by atoms with Crippen molar-refractivity contribution in [1.82, 2.24) is 0 Å². The molecule has 68 heavy (non-hydrogen) atoms. The Morgan fingerprint density at radius 1 is 0.309 bits per heavy atom. The molecule has 6 nitrogen and oxygen atoms in total. The summed E-state index contributed by atoms with van der Waals surface area (Å²) >= 11 is 0. The number of hydrogen-bond donors (Lipinski definition) is 0. The van der Waals surface area contributed by atoms with Crippen molar-refractivity contribution in [2.75, 3.05) is 13.2 Å². The number of hydrogen-bond acceptors (Lipinski definition) is 6. The van der Waals surface area contributed by atoms with Crippen molar-refractivity contribution in [2.45, 2.75) is 277 Å². The van der Waals surface area contributed by atoms with Crippen molar-refractivity contribution in [2.24, 2.45) is 0 Å². The maximum atomic E-state index is 12.8. The van der Waals surface area contributed by atoms with Gasteiger partial charge in [0.15, 0.2) is 6.10 Å². The predicted molar refractivity (Wildman–Crippen MR) is 293 cm³/mol. The van der Waals surface area contributed by atoms with Gasteiger partial charge in [0.25, 0.3) is 0 Å². The van der Waals surface area contributed by atoms with Crippen LogP contribution in [0, 0.1) is 0 Å². The lowest BCUT2D eigenvalue weighted by atomic mass is 10.1. The lowest BCUT2D eigenvalue weighted by molar-refractivity contribution is -0.167. The van der Waals surface area contributed by atoms with Crippen LogP contribution < -0.4 is 0 Å². The fraction of sp³-hybridized carbons (Fsp3) is 0.726. The number of esters is 3. The van der Waals surface area contributed by atoms with Crippen molar-refractivity contribution in [3.63, 3.8) is 0 Å². The first kappa shape index (κ1) is 64.6. The summed E-state index contributed by atoms with van der Waals surface area (Å²) < 4.78 is 16.8. The molecule has 0 aromatic carbocycles. The van der Waals surface area contributed by atoms with Crippen LogP contribution in [0.25, 0.3) is 0 Å². The average molecular weight is 948 g/mol. The van der Waals surface area contributed by atoms with Gasteiger partial charge in [0.1, 0.15) is 13.2 Å². The number of carbonyl (C=O) groups excluding carboxylic acids is 3. The first-order valence-electron chi connectivity index (χ1n) is 28.6. The molecule has 0 N–H and O–H groups in total. The van der Waals surface area contributed by atoms with Crippen LogP contribution in [-0.2, 0) is 28.6 Å². The molecule has 0 aromatic heterocycles. The van der Waals surface area contributed by atoms with E-state index in [1.165, 1.54) is 109 Å². The molecule has 6 heteroatoms. The fourth-order valence-electron chi connectivity index (χ4n) is 7.85. The van der Waals surface area contributed by atoms with E-state index in [1.807, 2.05) is 0 Å². The van der Waals surface area contributed by atoms with Gasteiger partial charge in [-0.1, -0.05) is 241 Å². The van der Waals surface area contributed by atoms with Gasteiger partial charge in [-0.25, -0.2) is 0 Å². The van der Waals surface area contributed by atoms with Crippen LogP contribution in [0.1, 0.15) is 271 Å². The van der Waals surface area contributed by atoms with Crippen LogP contribution in [0.5, 0.6) is 0 Å². The highest BCUT2D eigenvalue weighted by molar-refractivity contribution is 5.71. The number of rotatable bonds is 51. The maximum Gasteiger partial charge on any atom is 0.306 e. The molecule has 0 radical (unpaired) electrons. The molecule has 1 unspecified atom stereocenters. The number of unbranched alkanes of at least 4 members (excludes halogenated alkanes) is 26. The summed E-state index contributed by atoms with van der Waals surface area (Å²) in [6.07, 6.45) is 72.8. The van der Waals surface area contributed by atoms with Crippen molar-refractivity contribution in [3.8, 4) is 0 Å². The van der Waals surface area contributed by atoms with Gasteiger partial charge in [-0.15, -0.1) is 0 Å². The van der Waals surface area contributed by atoms with Crippen LogP contribution in [0.2, 0.25) is 0 Å². The van der Waals surface area contributed by atoms with Crippen molar-refractivity contribution >= 4 is 17.9 Å². The second-order valence-corrected chi connectivity index (χ2v) is 18.8. The first-order valence-corrected chi connectivity index (χ1v) is 28.6. The molecule has 0 saturated heterocycles. The Hall–Kier alpha value is -3.41. The van der Waals surface area contributed by atoms with Gasteiger partial charge in [-0.3, -0.25) is 14.4 Å². The average Bonchev–Trinajstić information content (AvgIpc) is 3.34. The molecular formula is C62H106O6. The minimum atomic E-state index is -0.787. The summed E-state index contributed by atoms with van der Waals surface area (Å²) in [7, 11) is 0. The zero-order valence-corrected chi connectivity index (χ0v) is 44.6. The highest BCUT2D eigenvalue weighted by Gasteiger charge is 2.19. The van der Waals surface area contributed by atoms with E-state index in [2.05, 4.69) is 106 Å². The Morgan fingerprint density at radius 2 is 0.574 bits per heavy atom. The van der Waals surface area contributed by atoms with E-state index in [1.54, 1.807) is 0 Å². The molecule has 0 saturated carbocycles. The van der Waals surface area contributed by atoms with Gasteiger partial charge in [0.05, 0.1) is 0 Å². The van der Waals surface area contributed by atoms with Crippen molar-refractivity contribution < 1.29 is 28.6 Å². The molecule has 0 aliphatic carbocycles. The van der Waals surface area contributed by atoms with Gasteiger partial charge >= 0.3 is 17.9 Å². The minimum absolute atomic E-state index is 0.0841. The topological polar surface area (TPSA) is 78.9 Å². The fourth-order valence-corrected chi connectivity index (χ4v) is 7.85. The van der Waals surface area contributed by atoms with Gasteiger partial charge in [0.2, 0.25) is 0 Å². The largest absolute Gasteiger partial charge is 0.462 e. The summed E-state index contributed by atoms with van der Waals surface area (Å²) in [5.74, 6) is -0.905. The Labute approximate surface area is 420 Å². The van der Waals surface area contributed by atoms with Crippen molar-refractivity contribution in [1.29, 1.82) is 0 Å². The van der Waals surface area contributed by atoms with Gasteiger partial charge in [0, 0.05) is 19.3 Å². The van der Waals surface area contributed by atoms with E-state index in [0.717, 1.165) is 122 Å². The van der Waals surface area contributed by atoms with Gasteiger partial charge in [-0.05, 0) is 96.3 Å². The molecule has 1 atom stereocenters. The molecule has 0 amide bonds. The third-order valence-corrected chi connectivity index (χ3v) is 12.1. The molecule has 0 spiro atoms. The molecule has 0 bridgehead atoms. The Kier molecular flexibility index (Phi) is 53.4. The summed E-state index contributed by atoms with van der Waals surface area (Å²) in [6, 6.07) is 0. The van der Waals surface area contributed by atoms with Crippen molar-refractivity contribution in [3.05, 3.63) is 85.1 Å². The Bertz CT molecular complexity index is 1320. The highest BCUT2D eigenvalue weighted by Crippen LogP contribution is 2.15. The normalized spacial score (nSPS) is 12.7. The van der Waals surface area contributed by atoms with Gasteiger partial charge in [-0.2, -0.15) is 0 Å². The lowest BCUT2D eigenvalue weighted by Crippen LogP contribution is -2.30. The SMILES string of the molecule is CC/C=C\C/C=C\C/C=C\C/C=C\C/C=C\CCCCCCCCCC(=O)OCC(COC(=O)CCCCCCCCCCCCC)OC(=O)CCCCCCC/C=C\C/C=C\CCCCCC. The lowest BCUT2D eigenvalue weighted by Gasteiger charge is -2.18. The van der Waals surface area contributed by atoms with Crippen LogP contribution >= 0.6 is 0 Å². The summed E-state index contributed by atoms with van der Waals surface area (Å²) in [5.41, 5.74) is 0. The highest BCUT2D eigenvalue weighted by atomic mass is 16.6. The summed E-state index contributed by atoms with van der Waals surface area (Å²) in [5, 5.41) is 0.